The average Bonchev–Trinajstić information content (AvgIpc) is 2.86. The summed E-state index contributed by atoms with van der Waals surface area (Å²) in [5.74, 6) is -2.71. The van der Waals surface area contributed by atoms with Crippen molar-refractivity contribution in [2.75, 3.05) is 26.5 Å². The lowest BCUT2D eigenvalue weighted by Crippen LogP contribution is -2.55. The minimum atomic E-state index is -1.30. The number of likely N-dealkylation sites (N-methyl/N-ethyl adjacent to an activating group) is 2. The van der Waals surface area contributed by atoms with Crippen molar-refractivity contribution in [3.05, 3.63) is 62.8 Å². The number of ether oxygens (including phenoxy) is 1. The van der Waals surface area contributed by atoms with E-state index in [1.807, 2.05) is 6.07 Å². The molecular weight excluding hydrogens is 492 g/mol. The Morgan fingerprint density at radius 3 is 2.39 bits per heavy atom. The van der Waals surface area contributed by atoms with Crippen LogP contribution in [0.4, 0.5) is 21.9 Å². The molecule has 1 aliphatic heterocycles. The highest BCUT2D eigenvalue weighted by molar-refractivity contribution is 6.33. The Kier molecular flexibility index (Phi) is 6.17. The fraction of sp³-hybridized carbons (Fsp3) is 0.174. The number of pyridine rings is 1. The number of nitro groups is 1. The zero-order valence-electron chi connectivity index (χ0n) is 19.1. The molecule has 3 aromatic rings. The molecule has 13 heteroatoms. The lowest BCUT2D eigenvalue weighted by Gasteiger charge is -2.33. The summed E-state index contributed by atoms with van der Waals surface area (Å²) in [5.41, 5.74) is 0.961. The summed E-state index contributed by atoms with van der Waals surface area (Å²) >= 11 is 6.44. The van der Waals surface area contributed by atoms with Crippen LogP contribution in [0.25, 0.3) is 10.9 Å². The normalized spacial score (nSPS) is 14.2. The van der Waals surface area contributed by atoms with Crippen LogP contribution >= 0.6 is 11.6 Å². The van der Waals surface area contributed by atoms with Gasteiger partial charge in [0.05, 0.1) is 28.8 Å². The Balaban J connectivity index is 1.78. The number of fused-ring (bicyclic) bond motifs is 1. The quantitative estimate of drug-likeness (QED) is 0.309. The predicted octanol–water partition coefficient (Wildman–Crippen LogP) is 3.55. The van der Waals surface area contributed by atoms with Crippen LogP contribution in [0.2, 0.25) is 5.02 Å². The van der Waals surface area contributed by atoms with Crippen LogP contribution in [0, 0.1) is 21.4 Å². The number of halogens is 1. The van der Waals surface area contributed by atoms with E-state index in [9.17, 15) is 29.8 Å². The van der Waals surface area contributed by atoms with Crippen LogP contribution in [0.5, 0.6) is 5.75 Å². The molecule has 4 amide bonds. The minimum absolute atomic E-state index is 0.0123. The van der Waals surface area contributed by atoms with Crippen LogP contribution in [-0.2, 0) is 9.59 Å². The smallest absolute Gasteiger partial charge is 0.332 e. The van der Waals surface area contributed by atoms with E-state index >= 15 is 0 Å². The third-order valence-electron chi connectivity index (χ3n) is 5.80. The van der Waals surface area contributed by atoms with E-state index in [2.05, 4.69) is 10.3 Å². The lowest BCUT2D eigenvalue weighted by atomic mass is 9.94. The van der Waals surface area contributed by atoms with E-state index in [0.29, 0.717) is 16.6 Å². The van der Waals surface area contributed by atoms with Gasteiger partial charge in [-0.3, -0.25) is 34.5 Å². The number of anilines is 2. The molecule has 1 aromatic heterocycles. The van der Waals surface area contributed by atoms with Crippen LogP contribution in [0.1, 0.15) is 17.0 Å². The van der Waals surface area contributed by atoms with Crippen LogP contribution in [-0.4, -0.2) is 58.8 Å². The van der Waals surface area contributed by atoms with Crippen molar-refractivity contribution in [2.24, 2.45) is 0 Å². The molecule has 36 heavy (non-hydrogen) atoms. The molecule has 2 heterocycles. The number of carbonyl (C=O) groups excluding carboxylic acids is 3. The second-order valence-corrected chi connectivity index (χ2v) is 8.24. The molecule has 0 unspecified atom stereocenters. The van der Waals surface area contributed by atoms with Gasteiger partial charge in [-0.2, -0.15) is 5.26 Å². The number of hydrogen-bond donors (Lipinski definition) is 1. The number of amides is 4. The Morgan fingerprint density at radius 2 is 1.83 bits per heavy atom. The van der Waals surface area contributed by atoms with Gasteiger partial charge >= 0.3 is 11.7 Å². The van der Waals surface area contributed by atoms with Crippen LogP contribution < -0.4 is 10.1 Å². The maximum atomic E-state index is 12.7. The second kappa shape index (κ2) is 9.12. The van der Waals surface area contributed by atoms with Gasteiger partial charge < -0.3 is 10.1 Å². The van der Waals surface area contributed by atoms with Crippen molar-refractivity contribution < 1.29 is 24.0 Å². The first-order chi connectivity index (χ1) is 17.1. The van der Waals surface area contributed by atoms with Crippen molar-refractivity contribution in [3.63, 3.8) is 0 Å². The number of benzene rings is 2. The van der Waals surface area contributed by atoms with Crippen molar-refractivity contribution >= 4 is 57.4 Å². The highest BCUT2D eigenvalue weighted by atomic mass is 35.5. The highest BCUT2D eigenvalue weighted by Gasteiger charge is 2.44. The van der Waals surface area contributed by atoms with Gasteiger partial charge in [0.25, 0.3) is 0 Å². The monoisotopic (exact) mass is 508 g/mol. The Labute approximate surface area is 208 Å². The first-order valence-corrected chi connectivity index (χ1v) is 10.7. The van der Waals surface area contributed by atoms with Gasteiger partial charge in [-0.25, -0.2) is 4.79 Å². The number of methoxy groups -OCH3 is 1. The number of nitro benzene ring substituents is 1. The molecule has 1 saturated heterocycles. The van der Waals surface area contributed by atoms with E-state index in [-0.39, 0.29) is 33.3 Å². The molecule has 0 atom stereocenters. The third-order valence-corrected chi connectivity index (χ3v) is 6.12. The molecular formula is C23H17ClN6O6. The number of imide groups is 2. The molecule has 1 N–H and O–H groups in total. The van der Waals surface area contributed by atoms with Crippen LogP contribution in [0.15, 0.2) is 36.5 Å². The average molecular weight is 509 g/mol. The van der Waals surface area contributed by atoms with Gasteiger partial charge in [-0.15, -0.1) is 0 Å². The maximum absolute atomic E-state index is 12.7. The topological polar surface area (TPSA) is 159 Å². The van der Waals surface area contributed by atoms with E-state index in [1.54, 1.807) is 0 Å². The molecule has 2 aromatic carbocycles. The number of nitriles is 1. The highest BCUT2D eigenvalue weighted by Crippen LogP contribution is 2.38. The van der Waals surface area contributed by atoms with Gasteiger partial charge in [0.15, 0.2) is 5.75 Å². The van der Waals surface area contributed by atoms with Crippen molar-refractivity contribution in [2.45, 2.75) is 5.92 Å². The molecule has 0 bridgehead atoms. The van der Waals surface area contributed by atoms with Crippen molar-refractivity contribution in [1.29, 1.82) is 5.26 Å². The van der Waals surface area contributed by atoms with Gasteiger partial charge in [-0.1, -0.05) is 17.7 Å². The first-order valence-electron chi connectivity index (χ1n) is 10.3. The fourth-order valence-corrected chi connectivity index (χ4v) is 4.18. The molecule has 0 radical (unpaired) electrons. The molecule has 0 saturated carbocycles. The number of hydrogen-bond acceptors (Lipinski definition) is 9. The summed E-state index contributed by atoms with van der Waals surface area (Å²) in [6.07, 6.45) is 1.31. The maximum Gasteiger partial charge on any atom is 0.332 e. The number of aromatic nitrogens is 1. The summed E-state index contributed by atoms with van der Waals surface area (Å²) in [4.78, 5) is 54.1. The number of urea groups is 1. The molecule has 1 fully saturated rings. The number of rotatable bonds is 5. The number of nitrogens with zero attached hydrogens (tertiary/aromatic N) is 5. The van der Waals surface area contributed by atoms with Gasteiger partial charge in [-0.05, 0) is 17.7 Å². The zero-order valence-corrected chi connectivity index (χ0v) is 19.9. The summed E-state index contributed by atoms with van der Waals surface area (Å²) in [6, 6.07) is 8.34. The molecule has 4 rings (SSSR count). The Hall–Kier alpha value is -4.76. The van der Waals surface area contributed by atoms with E-state index in [0.717, 1.165) is 9.80 Å². The fourth-order valence-electron chi connectivity index (χ4n) is 3.89. The molecule has 182 valence electrons. The van der Waals surface area contributed by atoms with Gasteiger partial charge in [0.1, 0.15) is 12.0 Å². The lowest BCUT2D eigenvalue weighted by molar-refractivity contribution is -0.385. The largest absolute Gasteiger partial charge is 0.490 e. The number of carbonyl (C=O) groups is 3. The number of nitrogens with one attached hydrogen (secondary N) is 1. The third kappa shape index (κ3) is 3.91. The minimum Gasteiger partial charge on any atom is -0.490 e. The van der Waals surface area contributed by atoms with E-state index in [4.69, 9.17) is 16.3 Å². The van der Waals surface area contributed by atoms with Gasteiger partial charge in [0.2, 0.25) is 11.8 Å². The SMILES string of the molecule is COc1cc2ncc(C#N)c(Nc3ccc(C4C(=O)N(C)C(=O)N(C)C4=O)c(Cl)c3)c2cc1[N+](=O)[O-]. The second-order valence-electron chi connectivity index (χ2n) is 7.83. The number of barbiturate groups is 1. The Bertz CT molecular complexity index is 1490. The molecule has 1 aliphatic rings. The summed E-state index contributed by atoms with van der Waals surface area (Å²) in [7, 11) is 3.85. The van der Waals surface area contributed by atoms with E-state index < -0.39 is 28.7 Å². The molecule has 12 nitrogen and oxygen atoms in total. The summed E-state index contributed by atoms with van der Waals surface area (Å²) in [5, 5.41) is 24.5. The van der Waals surface area contributed by atoms with Crippen molar-refractivity contribution in [3.8, 4) is 11.8 Å². The summed E-state index contributed by atoms with van der Waals surface area (Å²) < 4.78 is 5.09. The zero-order chi connectivity index (χ0) is 26.3. The summed E-state index contributed by atoms with van der Waals surface area (Å²) in [6.45, 7) is 0. The van der Waals surface area contributed by atoms with Gasteiger partial charge in [0, 0.05) is 48.5 Å². The Morgan fingerprint density at radius 1 is 1.17 bits per heavy atom. The first kappa shape index (κ1) is 24.4. The predicted molar refractivity (Wildman–Crippen MR) is 128 cm³/mol. The molecule has 0 aliphatic carbocycles. The van der Waals surface area contributed by atoms with Crippen LogP contribution in [0.3, 0.4) is 0 Å². The standard InChI is InChI=1S/C23H17ClN6O6/c1-28-21(31)19(22(32)29(2)23(28)33)13-5-4-12(6-15(13)24)27-20-11(9-25)10-26-16-8-18(36-3)17(30(34)35)7-14(16)20/h4-8,10,19H,1-3H3,(H,26,27). The van der Waals surface area contributed by atoms with Crippen molar-refractivity contribution in [1.82, 2.24) is 14.8 Å². The molecule has 0 spiro atoms. The van der Waals surface area contributed by atoms with E-state index in [1.165, 1.54) is 57.7 Å².